The molecular formula is C24H20F2N4O3. The molecular weight excluding hydrogens is 430 g/mol. The molecule has 0 fully saturated rings. The van der Waals surface area contributed by atoms with Crippen molar-refractivity contribution in [2.24, 2.45) is 4.99 Å². The Morgan fingerprint density at radius 2 is 1.70 bits per heavy atom. The average Bonchev–Trinajstić information content (AvgIpc) is 2.91. The molecule has 4 rings (SSSR count). The van der Waals surface area contributed by atoms with E-state index in [0.717, 1.165) is 6.07 Å². The van der Waals surface area contributed by atoms with Crippen molar-refractivity contribution in [2.75, 3.05) is 24.4 Å². The minimum atomic E-state index is -1.33. The summed E-state index contributed by atoms with van der Waals surface area (Å²) >= 11 is 0. The molecule has 1 atom stereocenters. The van der Waals surface area contributed by atoms with Crippen molar-refractivity contribution in [3.05, 3.63) is 89.5 Å². The summed E-state index contributed by atoms with van der Waals surface area (Å²) in [7, 11) is 2.86. The highest BCUT2D eigenvalue weighted by Crippen LogP contribution is 2.28. The van der Waals surface area contributed by atoms with E-state index in [4.69, 9.17) is 4.74 Å². The molecule has 0 radical (unpaired) electrons. The van der Waals surface area contributed by atoms with Gasteiger partial charge in [0, 0.05) is 29.9 Å². The summed E-state index contributed by atoms with van der Waals surface area (Å²) in [6, 6.07) is 16.1. The van der Waals surface area contributed by atoms with Gasteiger partial charge in [-0.3, -0.25) is 4.79 Å². The summed E-state index contributed by atoms with van der Waals surface area (Å²) in [6.45, 7) is 0. The zero-order valence-corrected chi connectivity index (χ0v) is 17.8. The highest BCUT2D eigenvalue weighted by Gasteiger charge is 2.31. The maximum absolute atomic E-state index is 14.7. The predicted octanol–water partition coefficient (Wildman–Crippen LogP) is 3.94. The molecule has 0 spiro atoms. The van der Waals surface area contributed by atoms with Gasteiger partial charge < -0.3 is 20.3 Å². The summed E-state index contributed by atoms with van der Waals surface area (Å²) in [4.78, 5) is 31.6. The van der Waals surface area contributed by atoms with Crippen LogP contribution in [0.2, 0.25) is 0 Å². The van der Waals surface area contributed by atoms with Gasteiger partial charge in [0.2, 0.25) is 6.17 Å². The van der Waals surface area contributed by atoms with E-state index < -0.39 is 29.7 Å². The maximum atomic E-state index is 14.7. The number of methoxy groups -OCH3 is 1. The number of benzodiazepines with no additional fused rings is 1. The number of anilines is 2. The third kappa shape index (κ3) is 4.38. The number of urea groups is 1. The van der Waals surface area contributed by atoms with Gasteiger partial charge >= 0.3 is 6.03 Å². The van der Waals surface area contributed by atoms with Gasteiger partial charge in [0.15, 0.2) is 11.6 Å². The molecule has 0 aromatic heterocycles. The number of hydrogen-bond acceptors (Lipinski definition) is 4. The average molecular weight is 450 g/mol. The fourth-order valence-electron chi connectivity index (χ4n) is 3.51. The number of hydrogen-bond donors (Lipinski definition) is 2. The molecule has 1 unspecified atom stereocenters. The van der Waals surface area contributed by atoms with Gasteiger partial charge in [-0.15, -0.1) is 0 Å². The molecule has 7 nitrogen and oxygen atoms in total. The van der Waals surface area contributed by atoms with Crippen LogP contribution in [0, 0.1) is 11.6 Å². The monoisotopic (exact) mass is 450 g/mol. The normalized spacial score (nSPS) is 15.3. The highest BCUT2D eigenvalue weighted by atomic mass is 19.1. The first-order valence-electron chi connectivity index (χ1n) is 9.99. The van der Waals surface area contributed by atoms with E-state index in [1.807, 2.05) is 0 Å². The standard InChI is InChI=1S/C24H20F2N4O3/c1-30-19-10-6-4-8-16(19)21(15-7-3-5-9-17(15)25)28-22(23(30)31)29-24(32)27-14-11-12-18(26)20(13-14)33-2/h3-13,22H,1-2H3,(H2,27,29,32). The molecule has 0 bridgehead atoms. The predicted molar refractivity (Wildman–Crippen MR) is 121 cm³/mol. The van der Waals surface area contributed by atoms with Gasteiger partial charge in [0.1, 0.15) is 5.82 Å². The van der Waals surface area contributed by atoms with E-state index in [9.17, 15) is 18.4 Å². The first-order valence-corrected chi connectivity index (χ1v) is 9.99. The van der Waals surface area contributed by atoms with Gasteiger partial charge in [-0.05, 0) is 30.3 Å². The van der Waals surface area contributed by atoms with Gasteiger partial charge in [-0.2, -0.15) is 0 Å². The molecule has 168 valence electrons. The molecule has 33 heavy (non-hydrogen) atoms. The second-order valence-corrected chi connectivity index (χ2v) is 7.22. The Bertz CT molecular complexity index is 1260. The van der Waals surface area contributed by atoms with E-state index in [2.05, 4.69) is 15.6 Å². The van der Waals surface area contributed by atoms with E-state index in [1.165, 1.54) is 30.2 Å². The number of carbonyl (C=O) groups excluding carboxylic acids is 2. The summed E-state index contributed by atoms with van der Waals surface area (Å²) in [5.74, 6) is -1.65. The Morgan fingerprint density at radius 1 is 1.00 bits per heavy atom. The summed E-state index contributed by atoms with van der Waals surface area (Å²) < 4.78 is 33.2. The fourth-order valence-corrected chi connectivity index (χ4v) is 3.51. The van der Waals surface area contributed by atoms with Crippen LogP contribution < -0.4 is 20.3 Å². The van der Waals surface area contributed by atoms with Gasteiger partial charge in [0.25, 0.3) is 5.91 Å². The molecule has 2 N–H and O–H groups in total. The van der Waals surface area contributed by atoms with E-state index in [0.29, 0.717) is 11.3 Å². The molecule has 0 aliphatic carbocycles. The lowest BCUT2D eigenvalue weighted by Crippen LogP contribution is -2.47. The zero-order chi connectivity index (χ0) is 23.5. The number of rotatable bonds is 4. The van der Waals surface area contributed by atoms with Crippen molar-refractivity contribution < 1.29 is 23.1 Å². The third-order valence-electron chi connectivity index (χ3n) is 5.15. The molecule has 0 saturated heterocycles. The van der Waals surface area contributed by atoms with Crippen LogP contribution in [-0.4, -0.2) is 38.0 Å². The van der Waals surface area contributed by atoms with E-state index in [-0.39, 0.29) is 22.7 Å². The number of halogens is 2. The number of benzene rings is 3. The number of fused-ring (bicyclic) bond motifs is 1. The van der Waals surface area contributed by atoms with Gasteiger partial charge in [-0.25, -0.2) is 18.6 Å². The third-order valence-corrected chi connectivity index (χ3v) is 5.15. The van der Waals surface area contributed by atoms with Crippen LogP contribution >= 0.6 is 0 Å². The first kappa shape index (κ1) is 21.9. The number of para-hydroxylation sites is 1. The Morgan fingerprint density at radius 3 is 2.42 bits per heavy atom. The van der Waals surface area contributed by atoms with Crippen molar-refractivity contribution in [3.8, 4) is 5.75 Å². The number of likely N-dealkylation sites (N-methyl/N-ethyl adjacent to an activating group) is 1. The summed E-state index contributed by atoms with van der Waals surface area (Å²) in [6.07, 6.45) is -1.33. The Hall–Kier alpha value is -4.27. The van der Waals surface area contributed by atoms with Gasteiger partial charge in [-0.1, -0.05) is 30.3 Å². The lowest BCUT2D eigenvalue weighted by Gasteiger charge is -2.21. The van der Waals surface area contributed by atoms with Crippen LogP contribution in [0.25, 0.3) is 0 Å². The molecule has 3 aromatic rings. The van der Waals surface area contributed by atoms with E-state index >= 15 is 0 Å². The lowest BCUT2D eigenvalue weighted by molar-refractivity contribution is -0.119. The van der Waals surface area contributed by atoms with Crippen molar-refractivity contribution in [2.45, 2.75) is 6.17 Å². The molecule has 3 amide bonds. The molecule has 1 aliphatic rings. The number of carbonyl (C=O) groups is 2. The van der Waals surface area contributed by atoms with Crippen molar-refractivity contribution >= 4 is 29.0 Å². The zero-order valence-electron chi connectivity index (χ0n) is 17.8. The quantitative estimate of drug-likeness (QED) is 0.632. The number of ether oxygens (including phenoxy) is 1. The molecule has 3 aromatic carbocycles. The molecule has 0 saturated carbocycles. The summed E-state index contributed by atoms with van der Waals surface area (Å²) in [5, 5.41) is 5.03. The lowest BCUT2D eigenvalue weighted by atomic mass is 10.00. The molecule has 1 heterocycles. The molecule has 1 aliphatic heterocycles. The van der Waals surface area contributed by atoms with Gasteiger partial charge in [0.05, 0.1) is 18.5 Å². The minimum absolute atomic E-state index is 0.0478. The minimum Gasteiger partial charge on any atom is -0.494 e. The Kier molecular flexibility index (Phi) is 6.03. The number of nitrogens with zero attached hydrogens (tertiary/aromatic N) is 2. The largest absolute Gasteiger partial charge is 0.494 e. The van der Waals surface area contributed by atoms with Crippen LogP contribution in [0.3, 0.4) is 0 Å². The van der Waals surface area contributed by atoms with Crippen molar-refractivity contribution in [1.82, 2.24) is 5.32 Å². The number of aliphatic imine (C=N–C) groups is 1. The van der Waals surface area contributed by atoms with Crippen LogP contribution in [-0.2, 0) is 4.79 Å². The molecule has 9 heteroatoms. The van der Waals surface area contributed by atoms with Crippen LogP contribution in [0.4, 0.5) is 25.0 Å². The first-order chi connectivity index (χ1) is 15.9. The Labute approximate surface area is 188 Å². The topological polar surface area (TPSA) is 83.0 Å². The second kappa shape index (κ2) is 9.07. The number of nitrogens with one attached hydrogen (secondary N) is 2. The fraction of sp³-hybridized carbons (Fsp3) is 0.125. The van der Waals surface area contributed by atoms with Crippen LogP contribution in [0.5, 0.6) is 5.75 Å². The van der Waals surface area contributed by atoms with Crippen LogP contribution in [0.15, 0.2) is 71.7 Å². The smallest absolute Gasteiger partial charge is 0.321 e. The number of amides is 3. The summed E-state index contributed by atoms with van der Waals surface area (Å²) in [5.41, 5.74) is 1.75. The Balaban J connectivity index is 1.69. The van der Waals surface area contributed by atoms with E-state index in [1.54, 1.807) is 49.5 Å². The van der Waals surface area contributed by atoms with Crippen molar-refractivity contribution in [1.29, 1.82) is 0 Å². The van der Waals surface area contributed by atoms with Crippen LogP contribution in [0.1, 0.15) is 11.1 Å². The highest BCUT2D eigenvalue weighted by molar-refractivity contribution is 6.20. The maximum Gasteiger partial charge on any atom is 0.321 e. The van der Waals surface area contributed by atoms with Crippen molar-refractivity contribution in [3.63, 3.8) is 0 Å². The second-order valence-electron chi connectivity index (χ2n) is 7.22. The SMILES string of the molecule is COc1cc(NC(=O)NC2N=C(c3ccccc3F)c3ccccc3N(C)C2=O)ccc1F.